The predicted molar refractivity (Wildman–Crippen MR) is 81.4 cm³/mol. The highest BCUT2D eigenvalue weighted by molar-refractivity contribution is 7.80. The van der Waals surface area contributed by atoms with Crippen LogP contribution in [0.3, 0.4) is 0 Å². The Balaban J connectivity index is 2.84. The third kappa shape index (κ3) is 4.61. The van der Waals surface area contributed by atoms with E-state index in [4.69, 9.17) is 22.7 Å². The standard InChI is InChI=1S/C14H20N2O2S/c1-9-5-6-10(13(15)19)7-11(9)16-12(17)8-14(2,3)18-4/h5-7H,8H2,1-4H3,(H2,15,19)(H,16,17). The van der Waals surface area contributed by atoms with E-state index in [1.807, 2.05) is 32.9 Å². The number of anilines is 1. The van der Waals surface area contributed by atoms with Crippen LogP contribution < -0.4 is 11.1 Å². The summed E-state index contributed by atoms with van der Waals surface area (Å²) in [5.41, 5.74) is 7.52. The minimum atomic E-state index is -0.487. The van der Waals surface area contributed by atoms with Crippen molar-refractivity contribution in [2.45, 2.75) is 32.8 Å². The summed E-state index contributed by atoms with van der Waals surface area (Å²) in [7, 11) is 1.59. The predicted octanol–water partition coefficient (Wildman–Crippen LogP) is 2.38. The fourth-order valence-electron chi connectivity index (χ4n) is 1.56. The second-order valence-corrected chi connectivity index (χ2v) is 5.52. The second-order valence-electron chi connectivity index (χ2n) is 5.08. The minimum Gasteiger partial charge on any atom is -0.389 e. The summed E-state index contributed by atoms with van der Waals surface area (Å²) < 4.78 is 5.24. The largest absolute Gasteiger partial charge is 0.389 e. The Morgan fingerprint density at radius 2 is 2.11 bits per heavy atom. The number of ether oxygens (including phenoxy) is 1. The first-order chi connectivity index (χ1) is 8.75. The van der Waals surface area contributed by atoms with E-state index < -0.39 is 5.60 Å². The monoisotopic (exact) mass is 280 g/mol. The van der Waals surface area contributed by atoms with Crippen LogP contribution >= 0.6 is 12.2 Å². The van der Waals surface area contributed by atoms with Gasteiger partial charge in [-0.25, -0.2) is 0 Å². The molecule has 4 nitrogen and oxygen atoms in total. The second kappa shape index (κ2) is 6.12. The first-order valence-electron chi connectivity index (χ1n) is 6.00. The van der Waals surface area contributed by atoms with Crippen LogP contribution in [0.1, 0.15) is 31.4 Å². The normalized spacial score (nSPS) is 11.2. The summed E-state index contributed by atoms with van der Waals surface area (Å²) in [5.74, 6) is -0.102. The van der Waals surface area contributed by atoms with Crippen LogP contribution in [0.5, 0.6) is 0 Å². The Morgan fingerprint density at radius 1 is 1.47 bits per heavy atom. The highest BCUT2D eigenvalue weighted by atomic mass is 32.1. The van der Waals surface area contributed by atoms with Crippen LogP contribution in [-0.2, 0) is 9.53 Å². The molecular formula is C14H20N2O2S. The van der Waals surface area contributed by atoms with Crippen molar-refractivity contribution >= 4 is 28.8 Å². The third-order valence-electron chi connectivity index (χ3n) is 2.94. The maximum absolute atomic E-state index is 12.0. The average Bonchev–Trinajstić information content (AvgIpc) is 2.31. The van der Waals surface area contributed by atoms with E-state index in [-0.39, 0.29) is 12.3 Å². The molecule has 1 amide bonds. The molecule has 1 aromatic carbocycles. The lowest BCUT2D eigenvalue weighted by molar-refractivity contribution is -0.121. The zero-order valence-corrected chi connectivity index (χ0v) is 12.6. The Kier molecular flexibility index (Phi) is 5.03. The van der Waals surface area contributed by atoms with Crippen LogP contribution in [0.2, 0.25) is 0 Å². The first-order valence-corrected chi connectivity index (χ1v) is 6.41. The molecule has 0 unspecified atom stereocenters. The van der Waals surface area contributed by atoms with E-state index in [0.717, 1.165) is 16.8 Å². The molecule has 0 aromatic heterocycles. The van der Waals surface area contributed by atoms with Gasteiger partial charge in [-0.3, -0.25) is 4.79 Å². The van der Waals surface area contributed by atoms with Gasteiger partial charge in [0.2, 0.25) is 5.91 Å². The number of aryl methyl sites for hydroxylation is 1. The summed E-state index contributed by atoms with van der Waals surface area (Å²) >= 11 is 4.93. The fraction of sp³-hybridized carbons (Fsp3) is 0.429. The molecule has 0 saturated carbocycles. The summed E-state index contributed by atoms with van der Waals surface area (Å²) in [4.78, 5) is 12.3. The van der Waals surface area contributed by atoms with Gasteiger partial charge in [0.25, 0.3) is 0 Å². The van der Waals surface area contributed by atoms with Gasteiger partial charge in [0, 0.05) is 18.4 Å². The number of hydrogen-bond acceptors (Lipinski definition) is 3. The summed E-state index contributed by atoms with van der Waals surface area (Å²) in [6.45, 7) is 5.65. The van der Waals surface area contributed by atoms with Crippen molar-refractivity contribution in [3.05, 3.63) is 29.3 Å². The molecule has 0 bridgehead atoms. The number of benzene rings is 1. The van der Waals surface area contributed by atoms with Gasteiger partial charge in [0.15, 0.2) is 0 Å². The smallest absolute Gasteiger partial charge is 0.227 e. The minimum absolute atomic E-state index is 0.102. The molecule has 0 atom stereocenters. The molecule has 0 fully saturated rings. The lowest BCUT2D eigenvalue weighted by Crippen LogP contribution is -2.29. The number of carbonyl (C=O) groups is 1. The average molecular weight is 280 g/mol. The van der Waals surface area contributed by atoms with Gasteiger partial charge in [0.1, 0.15) is 4.99 Å². The number of thiocarbonyl (C=S) groups is 1. The number of nitrogens with two attached hydrogens (primary N) is 1. The summed E-state index contributed by atoms with van der Waals surface area (Å²) in [5, 5.41) is 2.86. The molecule has 1 aromatic rings. The van der Waals surface area contributed by atoms with Crippen molar-refractivity contribution < 1.29 is 9.53 Å². The van der Waals surface area contributed by atoms with Gasteiger partial charge in [-0.2, -0.15) is 0 Å². The van der Waals surface area contributed by atoms with Crippen molar-refractivity contribution in [1.82, 2.24) is 0 Å². The quantitative estimate of drug-likeness (QED) is 0.813. The van der Waals surface area contributed by atoms with Crippen molar-refractivity contribution in [1.29, 1.82) is 0 Å². The van der Waals surface area contributed by atoms with Crippen molar-refractivity contribution in [2.24, 2.45) is 5.73 Å². The van der Waals surface area contributed by atoms with Crippen molar-refractivity contribution in [2.75, 3.05) is 12.4 Å². The maximum atomic E-state index is 12.0. The van der Waals surface area contributed by atoms with E-state index in [1.54, 1.807) is 13.2 Å². The lowest BCUT2D eigenvalue weighted by atomic mass is 10.0. The van der Waals surface area contributed by atoms with E-state index in [1.165, 1.54) is 0 Å². The van der Waals surface area contributed by atoms with E-state index in [0.29, 0.717) is 4.99 Å². The van der Waals surface area contributed by atoms with Gasteiger partial charge in [-0.15, -0.1) is 0 Å². The van der Waals surface area contributed by atoms with Crippen molar-refractivity contribution in [3.63, 3.8) is 0 Å². The number of hydrogen-bond donors (Lipinski definition) is 2. The zero-order chi connectivity index (χ0) is 14.6. The van der Waals surface area contributed by atoms with Gasteiger partial charge < -0.3 is 15.8 Å². The highest BCUT2D eigenvalue weighted by Gasteiger charge is 2.21. The SMILES string of the molecule is COC(C)(C)CC(=O)Nc1cc(C(N)=S)ccc1C. The molecule has 0 heterocycles. The lowest BCUT2D eigenvalue weighted by Gasteiger charge is -2.22. The maximum Gasteiger partial charge on any atom is 0.227 e. The Bertz CT molecular complexity index is 498. The molecule has 104 valence electrons. The molecule has 1 rings (SSSR count). The van der Waals surface area contributed by atoms with Crippen LogP contribution in [0, 0.1) is 6.92 Å². The Morgan fingerprint density at radius 3 is 2.63 bits per heavy atom. The summed E-state index contributed by atoms with van der Waals surface area (Å²) in [6, 6.07) is 5.51. The topological polar surface area (TPSA) is 64.3 Å². The van der Waals surface area contributed by atoms with Crippen LogP contribution in [0.4, 0.5) is 5.69 Å². The first kappa shape index (κ1) is 15.6. The number of amides is 1. The van der Waals surface area contributed by atoms with Crippen LogP contribution in [0.15, 0.2) is 18.2 Å². The zero-order valence-electron chi connectivity index (χ0n) is 11.7. The molecule has 19 heavy (non-hydrogen) atoms. The van der Waals surface area contributed by atoms with Crippen LogP contribution in [-0.4, -0.2) is 23.6 Å². The number of carbonyl (C=O) groups excluding carboxylic acids is 1. The molecule has 0 saturated heterocycles. The molecule has 0 aliphatic heterocycles. The molecule has 0 spiro atoms. The van der Waals surface area contributed by atoms with Gasteiger partial charge >= 0.3 is 0 Å². The number of methoxy groups -OCH3 is 1. The molecule has 3 N–H and O–H groups in total. The number of nitrogens with one attached hydrogen (secondary N) is 1. The van der Waals surface area contributed by atoms with E-state index >= 15 is 0 Å². The molecule has 0 aliphatic rings. The Hall–Kier alpha value is -1.46. The van der Waals surface area contributed by atoms with Crippen molar-refractivity contribution in [3.8, 4) is 0 Å². The highest BCUT2D eigenvalue weighted by Crippen LogP contribution is 2.19. The third-order valence-corrected chi connectivity index (χ3v) is 3.17. The van der Waals surface area contributed by atoms with E-state index in [2.05, 4.69) is 5.32 Å². The molecule has 0 radical (unpaired) electrons. The molecular weight excluding hydrogens is 260 g/mol. The van der Waals surface area contributed by atoms with Crippen LogP contribution in [0.25, 0.3) is 0 Å². The summed E-state index contributed by atoms with van der Waals surface area (Å²) in [6.07, 6.45) is 0.278. The van der Waals surface area contributed by atoms with E-state index in [9.17, 15) is 4.79 Å². The van der Waals surface area contributed by atoms with Gasteiger partial charge in [0.05, 0.1) is 12.0 Å². The number of rotatable bonds is 5. The fourth-order valence-corrected chi connectivity index (χ4v) is 1.69. The van der Waals surface area contributed by atoms with Gasteiger partial charge in [-0.1, -0.05) is 24.4 Å². The van der Waals surface area contributed by atoms with Gasteiger partial charge in [-0.05, 0) is 32.4 Å². The molecule has 5 heteroatoms. The Labute approximate surface area is 119 Å². The molecule has 0 aliphatic carbocycles.